The molecule has 0 saturated carbocycles. The maximum Gasteiger partial charge on any atom is 0.276 e. The van der Waals surface area contributed by atoms with Crippen LogP contribution in [0.5, 0.6) is 11.5 Å². The summed E-state index contributed by atoms with van der Waals surface area (Å²) in [5.74, 6) is 0.837. The Morgan fingerprint density at radius 2 is 1.68 bits per heavy atom. The Balaban J connectivity index is 1.43. The van der Waals surface area contributed by atoms with Gasteiger partial charge in [0.05, 0.1) is 25.3 Å². The third kappa shape index (κ3) is 3.75. The summed E-state index contributed by atoms with van der Waals surface area (Å²) in [7, 11) is 3.11. The zero-order chi connectivity index (χ0) is 23.7. The number of rotatable bonds is 6. The molecule has 0 unspecified atom stereocenters. The number of aromatic amines is 2. The van der Waals surface area contributed by atoms with Crippen LogP contribution in [0.1, 0.15) is 20.8 Å². The predicted octanol–water partition coefficient (Wildman–Crippen LogP) is 3.36. The number of fused-ring (bicyclic) bond motifs is 2. The average molecular weight is 457 g/mol. The number of pyridine rings is 1. The SMILES string of the molecule is COc1ccc(OC)c2cc(C(=O)Nc3nc4c(C(=O)Nc5ncc[nH]5)cccc4[nH]3)ncc12. The minimum atomic E-state index is -0.479. The Hall–Kier alpha value is -4.93. The third-order valence-electron chi connectivity index (χ3n) is 5.21. The standard InChI is InChI=1S/C23H19N7O4/c1-33-17-6-7-18(34-2)14-11-26-16(10-13(14)17)21(32)30-23-27-15-5-3-4-12(19(15)28-23)20(31)29-22-24-8-9-25-22/h3-11H,1-2H3,(H2,24,25,29,31)(H2,27,28,30,32). The number of imidazole rings is 2. The van der Waals surface area contributed by atoms with Crippen molar-refractivity contribution < 1.29 is 19.1 Å². The minimum absolute atomic E-state index is 0.162. The molecule has 3 aromatic heterocycles. The van der Waals surface area contributed by atoms with E-state index in [9.17, 15) is 9.59 Å². The van der Waals surface area contributed by atoms with Crippen molar-refractivity contribution in [1.29, 1.82) is 0 Å². The zero-order valence-corrected chi connectivity index (χ0v) is 18.2. The second-order valence-corrected chi connectivity index (χ2v) is 7.22. The number of aromatic nitrogens is 5. The summed E-state index contributed by atoms with van der Waals surface area (Å²) in [6, 6.07) is 10.3. The van der Waals surface area contributed by atoms with Crippen molar-refractivity contribution in [1.82, 2.24) is 24.9 Å². The number of nitrogens with one attached hydrogen (secondary N) is 4. The number of H-pyrrole nitrogens is 2. The van der Waals surface area contributed by atoms with Crippen LogP contribution in [0.4, 0.5) is 11.9 Å². The lowest BCUT2D eigenvalue weighted by Gasteiger charge is -2.10. The third-order valence-corrected chi connectivity index (χ3v) is 5.21. The van der Waals surface area contributed by atoms with Gasteiger partial charge < -0.3 is 19.4 Å². The molecule has 170 valence electrons. The van der Waals surface area contributed by atoms with Crippen LogP contribution >= 0.6 is 0 Å². The number of hydrogen-bond acceptors (Lipinski definition) is 7. The van der Waals surface area contributed by atoms with Gasteiger partial charge in [0.2, 0.25) is 11.9 Å². The second kappa shape index (κ2) is 8.54. The number of para-hydroxylation sites is 1. The molecule has 11 heteroatoms. The van der Waals surface area contributed by atoms with Crippen LogP contribution < -0.4 is 20.1 Å². The Kier molecular flexibility index (Phi) is 5.26. The lowest BCUT2D eigenvalue weighted by Crippen LogP contribution is -2.15. The second-order valence-electron chi connectivity index (χ2n) is 7.22. The lowest BCUT2D eigenvalue weighted by molar-refractivity contribution is 0.101. The highest BCUT2D eigenvalue weighted by molar-refractivity contribution is 6.12. The molecular formula is C23H19N7O4. The van der Waals surface area contributed by atoms with Gasteiger partial charge in [-0.3, -0.25) is 25.2 Å². The van der Waals surface area contributed by atoms with Crippen molar-refractivity contribution in [3.8, 4) is 11.5 Å². The van der Waals surface area contributed by atoms with Crippen LogP contribution in [0.3, 0.4) is 0 Å². The van der Waals surface area contributed by atoms with Gasteiger partial charge in [0.15, 0.2) is 0 Å². The number of amides is 2. The van der Waals surface area contributed by atoms with Crippen LogP contribution in [-0.4, -0.2) is 51.0 Å². The van der Waals surface area contributed by atoms with Crippen LogP contribution in [0.25, 0.3) is 21.8 Å². The molecule has 2 aromatic carbocycles. The lowest BCUT2D eigenvalue weighted by atomic mass is 10.1. The minimum Gasteiger partial charge on any atom is -0.496 e. The molecule has 11 nitrogen and oxygen atoms in total. The number of anilines is 2. The fraction of sp³-hybridized carbons (Fsp3) is 0.0870. The summed E-state index contributed by atoms with van der Waals surface area (Å²) in [6.45, 7) is 0. The molecule has 0 saturated heterocycles. The number of nitrogens with zero attached hydrogens (tertiary/aromatic N) is 3. The van der Waals surface area contributed by atoms with Gasteiger partial charge in [-0.1, -0.05) is 6.07 Å². The Morgan fingerprint density at radius 1 is 0.912 bits per heavy atom. The maximum absolute atomic E-state index is 12.9. The Morgan fingerprint density at radius 3 is 2.41 bits per heavy atom. The topological polar surface area (TPSA) is 147 Å². The zero-order valence-electron chi connectivity index (χ0n) is 18.2. The molecule has 2 amide bonds. The summed E-state index contributed by atoms with van der Waals surface area (Å²) in [5, 5.41) is 6.76. The highest BCUT2D eigenvalue weighted by Gasteiger charge is 2.18. The van der Waals surface area contributed by atoms with Gasteiger partial charge in [-0.25, -0.2) is 9.97 Å². The van der Waals surface area contributed by atoms with Crippen molar-refractivity contribution in [2.75, 3.05) is 24.9 Å². The van der Waals surface area contributed by atoms with E-state index in [1.165, 1.54) is 6.20 Å². The first-order chi connectivity index (χ1) is 16.6. The van der Waals surface area contributed by atoms with Crippen molar-refractivity contribution in [3.05, 3.63) is 66.2 Å². The van der Waals surface area contributed by atoms with Gasteiger partial charge >= 0.3 is 0 Å². The molecule has 0 radical (unpaired) electrons. The number of carbonyl (C=O) groups excluding carboxylic acids is 2. The van der Waals surface area contributed by atoms with Crippen molar-refractivity contribution in [2.24, 2.45) is 0 Å². The molecule has 0 atom stereocenters. The first-order valence-electron chi connectivity index (χ1n) is 10.2. The predicted molar refractivity (Wildman–Crippen MR) is 125 cm³/mol. The van der Waals surface area contributed by atoms with Crippen LogP contribution in [0, 0.1) is 0 Å². The Labute approximate surface area is 192 Å². The van der Waals surface area contributed by atoms with Gasteiger partial charge in [0.25, 0.3) is 11.8 Å². The van der Waals surface area contributed by atoms with E-state index in [4.69, 9.17) is 9.47 Å². The quantitative estimate of drug-likeness (QED) is 0.306. The first-order valence-corrected chi connectivity index (χ1v) is 10.2. The molecule has 0 aliphatic rings. The molecular weight excluding hydrogens is 438 g/mol. The molecule has 4 N–H and O–H groups in total. The smallest absolute Gasteiger partial charge is 0.276 e. The molecule has 0 spiro atoms. The summed E-state index contributed by atoms with van der Waals surface area (Å²) >= 11 is 0. The first kappa shape index (κ1) is 20.9. The summed E-state index contributed by atoms with van der Waals surface area (Å²) in [4.78, 5) is 44.1. The molecule has 5 aromatic rings. The van der Waals surface area contributed by atoms with E-state index in [-0.39, 0.29) is 17.5 Å². The largest absolute Gasteiger partial charge is 0.496 e. The highest BCUT2D eigenvalue weighted by atomic mass is 16.5. The molecule has 5 rings (SSSR count). The van der Waals surface area contributed by atoms with E-state index in [0.717, 1.165) is 0 Å². The van der Waals surface area contributed by atoms with E-state index in [1.807, 2.05) is 0 Å². The summed E-state index contributed by atoms with van der Waals surface area (Å²) in [6.07, 6.45) is 4.69. The van der Waals surface area contributed by atoms with E-state index >= 15 is 0 Å². The number of methoxy groups -OCH3 is 2. The molecule has 0 bridgehead atoms. The van der Waals surface area contributed by atoms with E-state index in [2.05, 4.69) is 35.6 Å². The van der Waals surface area contributed by atoms with Crippen molar-refractivity contribution in [3.63, 3.8) is 0 Å². The van der Waals surface area contributed by atoms with E-state index in [0.29, 0.717) is 44.8 Å². The fourth-order valence-corrected chi connectivity index (χ4v) is 3.62. The Bertz CT molecular complexity index is 1530. The van der Waals surface area contributed by atoms with Crippen molar-refractivity contribution in [2.45, 2.75) is 0 Å². The van der Waals surface area contributed by atoms with Gasteiger partial charge in [0.1, 0.15) is 22.7 Å². The number of ether oxygens (including phenoxy) is 2. The normalized spacial score (nSPS) is 10.9. The summed E-state index contributed by atoms with van der Waals surface area (Å²) < 4.78 is 10.8. The molecule has 3 heterocycles. The molecule has 34 heavy (non-hydrogen) atoms. The number of carbonyl (C=O) groups is 2. The van der Waals surface area contributed by atoms with Gasteiger partial charge in [-0.05, 0) is 30.3 Å². The molecule has 0 aliphatic carbocycles. The molecule has 0 aliphatic heterocycles. The van der Waals surface area contributed by atoms with Crippen molar-refractivity contribution >= 4 is 45.5 Å². The van der Waals surface area contributed by atoms with Gasteiger partial charge in [-0.2, -0.15) is 0 Å². The number of benzene rings is 2. The van der Waals surface area contributed by atoms with Gasteiger partial charge in [-0.15, -0.1) is 0 Å². The maximum atomic E-state index is 12.9. The molecule has 0 fully saturated rings. The number of hydrogen-bond donors (Lipinski definition) is 4. The van der Waals surface area contributed by atoms with E-state index < -0.39 is 5.91 Å². The van der Waals surface area contributed by atoms with Crippen LogP contribution in [-0.2, 0) is 0 Å². The monoisotopic (exact) mass is 457 g/mol. The summed E-state index contributed by atoms with van der Waals surface area (Å²) in [5.41, 5.74) is 1.47. The van der Waals surface area contributed by atoms with E-state index in [1.54, 1.807) is 63.0 Å². The van der Waals surface area contributed by atoms with Gasteiger partial charge in [0, 0.05) is 29.4 Å². The highest BCUT2D eigenvalue weighted by Crippen LogP contribution is 2.33. The van der Waals surface area contributed by atoms with Crippen LogP contribution in [0.2, 0.25) is 0 Å². The fourth-order valence-electron chi connectivity index (χ4n) is 3.62. The van der Waals surface area contributed by atoms with Crippen LogP contribution in [0.15, 0.2) is 55.0 Å². The average Bonchev–Trinajstić information content (AvgIpc) is 3.51.